The summed E-state index contributed by atoms with van der Waals surface area (Å²) in [5.74, 6) is 0. The molecule has 2 aromatic rings. The second kappa shape index (κ2) is 6.44. The van der Waals surface area contributed by atoms with E-state index in [0.717, 1.165) is 48.4 Å². The number of benzene rings is 1. The maximum Gasteiger partial charge on any atom is 0.322 e. The van der Waals surface area contributed by atoms with Crippen LogP contribution >= 0.6 is 0 Å². The van der Waals surface area contributed by atoms with Crippen LogP contribution in [0, 0.1) is 13.8 Å². The monoisotopic (exact) mass is 312 g/mol. The van der Waals surface area contributed by atoms with E-state index in [4.69, 9.17) is 0 Å². The molecule has 0 radical (unpaired) electrons. The predicted molar refractivity (Wildman–Crippen MR) is 91.5 cm³/mol. The normalized spacial score (nSPS) is 17.5. The van der Waals surface area contributed by atoms with Gasteiger partial charge in [-0.25, -0.2) is 4.79 Å². The third kappa shape index (κ3) is 3.23. The molecule has 5 heteroatoms. The minimum atomic E-state index is -0.0265. The topological polar surface area (TPSA) is 50.2 Å². The van der Waals surface area contributed by atoms with Gasteiger partial charge in [-0.2, -0.15) is 5.10 Å². The van der Waals surface area contributed by atoms with Crippen molar-refractivity contribution in [3.8, 4) is 0 Å². The van der Waals surface area contributed by atoms with Gasteiger partial charge in [-0.1, -0.05) is 6.07 Å². The summed E-state index contributed by atoms with van der Waals surface area (Å²) in [6, 6.07) is 8.23. The van der Waals surface area contributed by atoms with Gasteiger partial charge in [-0.05, 0) is 62.9 Å². The summed E-state index contributed by atoms with van der Waals surface area (Å²) < 4.78 is 1.98. The molecule has 2 heterocycles. The van der Waals surface area contributed by atoms with E-state index in [1.807, 2.05) is 47.8 Å². The number of aromatic nitrogens is 2. The molecular weight excluding hydrogens is 288 g/mol. The number of anilines is 1. The molecule has 5 nitrogen and oxygen atoms in total. The lowest BCUT2D eigenvalue weighted by atomic mass is 10.1. The first-order valence-electron chi connectivity index (χ1n) is 8.26. The molecule has 1 saturated heterocycles. The number of carbonyl (C=O) groups is 1. The lowest BCUT2D eigenvalue weighted by Gasteiger charge is -2.25. The van der Waals surface area contributed by atoms with Gasteiger partial charge in [0.1, 0.15) is 0 Å². The second-order valence-electron chi connectivity index (χ2n) is 6.23. The van der Waals surface area contributed by atoms with E-state index in [1.54, 1.807) is 0 Å². The molecule has 1 aliphatic rings. The van der Waals surface area contributed by atoms with Crippen LogP contribution in [0.5, 0.6) is 0 Å². The van der Waals surface area contributed by atoms with E-state index in [2.05, 4.69) is 23.4 Å². The van der Waals surface area contributed by atoms with E-state index in [9.17, 15) is 4.79 Å². The van der Waals surface area contributed by atoms with Crippen molar-refractivity contribution in [1.29, 1.82) is 0 Å². The van der Waals surface area contributed by atoms with E-state index in [1.165, 1.54) is 0 Å². The first kappa shape index (κ1) is 15.6. The van der Waals surface area contributed by atoms with Crippen LogP contribution < -0.4 is 5.32 Å². The second-order valence-corrected chi connectivity index (χ2v) is 6.23. The number of aryl methyl sites for hydroxylation is 3. The van der Waals surface area contributed by atoms with Crippen molar-refractivity contribution in [2.24, 2.45) is 0 Å². The van der Waals surface area contributed by atoms with E-state index in [0.29, 0.717) is 0 Å². The summed E-state index contributed by atoms with van der Waals surface area (Å²) in [6.07, 6.45) is 3.84. The van der Waals surface area contributed by atoms with Crippen LogP contribution in [0.2, 0.25) is 0 Å². The molecule has 1 aliphatic heterocycles. The Balaban J connectivity index is 1.78. The van der Waals surface area contributed by atoms with Crippen LogP contribution in [0.15, 0.2) is 30.5 Å². The minimum Gasteiger partial charge on any atom is -0.316 e. The number of amides is 2. The fourth-order valence-corrected chi connectivity index (χ4v) is 3.45. The highest BCUT2D eigenvalue weighted by molar-refractivity contribution is 5.90. The number of rotatable bonds is 3. The lowest BCUT2D eigenvalue weighted by molar-refractivity contribution is 0.204. The third-order valence-electron chi connectivity index (χ3n) is 4.38. The molecule has 0 saturated carbocycles. The van der Waals surface area contributed by atoms with Gasteiger partial charge in [0.05, 0.1) is 11.7 Å². The molecule has 1 fully saturated rings. The van der Waals surface area contributed by atoms with Gasteiger partial charge in [0.2, 0.25) is 0 Å². The molecule has 23 heavy (non-hydrogen) atoms. The van der Waals surface area contributed by atoms with Crippen LogP contribution in [0.25, 0.3) is 0 Å². The first-order valence-corrected chi connectivity index (χ1v) is 8.26. The van der Waals surface area contributed by atoms with Crippen molar-refractivity contribution in [3.63, 3.8) is 0 Å². The molecule has 0 spiro atoms. The Morgan fingerprint density at radius 2 is 2.04 bits per heavy atom. The molecule has 1 aromatic carbocycles. The zero-order valence-corrected chi connectivity index (χ0v) is 14.0. The van der Waals surface area contributed by atoms with Crippen LogP contribution in [0.1, 0.15) is 42.6 Å². The summed E-state index contributed by atoms with van der Waals surface area (Å²) in [4.78, 5) is 14.7. The number of carbonyl (C=O) groups excluding carboxylic acids is 1. The van der Waals surface area contributed by atoms with Gasteiger partial charge in [-0.15, -0.1) is 0 Å². The molecule has 3 rings (SSSR count). The van der Waals surface area contributed by atoms with E-state index >= 15 is 0 Å². The number of hydrogen-bond acceptors (Lipinski definition) is 2. The van der Waals surface area contributed by atoms with Crippen molar-refractivity contribution in [2.45, 2.75) is 46.2 Å². The molecular formula is C18H24N4O. The van der Waals surface area contributed by atoms with Crippen LogP contribution in [0.3, 0.4) is 0 Å². The van der Waals surface area contributed by atoms with Crippen molar-refractivity contribution < 1.29 is 4.79 Å². The highest BCUT2D eigenvalue weighted by Gasteiger charge is 2.32. The number of nitrogens with zero attached hydrogens (tertiary/aromatic N) is 3. The molecule has 1 atom stereocenters. The van der Waals surface area contributed by atoms with Crippen LogP contribution in [0.4, 0.5) is 10.5 Å². The van der Waals surface area contributed by atoms with Gasteiger partial charge in [0.25, 0.3) is 0 Å². The summed E-state index contributed by atoms with van der Waals surface area (Å²) in [5.41, 5.74) is 4.30. The molecule has 0 bridgehead atoms. The number of likely N-dealkylation sites (tertiary alicyclic amines) is 1. The summed E-state index contributed by atoms with van der Waals surface area (Å²) in [7, 11) is 0. The Labute approximate surface area is 137 Å². The van der Waals surface area contributed by atoms with Crippen molar-refractivity contribution in [2.75, 3.05) is 11.9 Å². The van der Waals surface area contributed by atoms with Gasteiger partial charge < -0.3 is 10.2 Å². The molecule has 0 unspecified atom stereocenters. The molecule has 1 aromatic heterocycles. The van der Waals surface area contributed by atoms with Crippen molar-refractivity contribution in [3.05, 3.63) is 47.3 Å². The Morgan fingerprint density at radius 1 is 1.30 bits per heavy atom. The van der Waals surface area contributed by atoms with E-state index < -0.39 is 0 Å². The smallest absolute Gasteiger partial charge is 0.316 e. The average molecular weight is 312 g/mol. The van der Waals surface area contributed by atoms with Crippen molar-refractivity contribution >= 4 is 11.7 Å². The summed E-state index contributed by atoms with van der Waals surface area (Å²) in [6.45, 7) is 7.77. The highest BCUT2D eigenvalue weighted by atomic mass is 16.2. The Morgan fingerprint density at radius 3 is 2.74 bits per heavy atom. The van der Waals surface area contributed by atoms with Crippen molar-refractivity contribution in [1.82, 2.24) is 14.7 Å². The Bertz CT molecular complexity index is 687. The van der Waals surface area contributed by atoms with Gasteiger partial charge >= 0.3 is 6.03 Å². The Kier molecular flexibility index (Phi) is 4.37. The third-order valence-corrected chi connectivity index (χ3v) is 4.38. The molecule has 2 amide bonds. The standard InChI is InChI=1S/C18H24N4O/c1-4-22-17(7-8-19-22)16-6-5-9-21(16)18(23)20-15-11-13(2)10-14(3)12-15/h7-8,10-12,16H,4-6,9H2,1-3H3,(H,20,23)/t16-/m1/s1. The average Bonchev–Trinajstić information content (AvgIpc) is 3.14. The maximum atomic E-state index is 12.7. The number of urea groups is 1. The fourth-order valence-electron chi connectivity index (χ4n) is 3.45. The van der Waals surface area contributed by atoms with Gasteiger partial charge in [-0.3, -0.25) is 4.68 Å². The van der Waals surface area contributed by atoms with Crippen LogP contribution in [-0.4, -0.2) is 27.3 Å². The maximum absolute atomic E-state index is 12.7. The highest BCUT2D eigenvalue weighted by Crippen LogP contribution is 2.32. The zero-order valence-electron chi connectivity index (χ0n) is 14.0. The largest absolute Gasteiger partial charge is 0.322 e. The fraction of sp³-hybridized carbons (Fsp3) is 0.444. The molecule has 0 aliphatic carbocycles. The van der Waals surface area contributed by atoms with E-state index in [-0.39, 0.29) is 12.1 Å². The molecule has 1 N–H and O–H groups in total. The zero-order chi connectivity index (χ0) is 16.4. The molecule has 122 valence electrons. The SMILES string of the molecule is CCn1nccc1[C@H]1CCCN1C(=O)Nc1cc(C)cc(C)c1. The van der Waals surface area contributed by atoms with Gasteiger partial charge in [0, 0.05) is 25.0 Å². The minimum absolute atomic E-state index is 0.0265. The number of nitrogens with one attached hydrogen (secondary N) is 1. The number of hydrogen-bond donors (Lipinski definition) is 1. The Hall–Kier alpha value is -2.30. The summed E-state index contributed by atoms with van der Waals surface area (Å²) in [5, 5.41) is 7.39. The van der Waals surface area contributed by atoms with Gasteiger partial charge in [0.15, 0.2) is 0 Å². The first-order chi connectivity index (χ1) is 11.1. The lowest BCUT2D eigenvalue weighted by Crippen LogP contribution is -2.35. The summed E-state index contributed by atoms with van der Waals surface area (Å²) >= 11 is 0. The predicted octanol–water partition coefficient (Wildman–Crippen LogP) is 3.89. The van der Waals surface area contributed by atoms with Crippen LogP contribution in [-0.2, 0) is 6.54 Å². The quantitative estimate of drug-likeness (QED) is 0.934.